The van der Waals surface area contributed by atoms with Gasteiger partial charge in [0.25, 0.3) is 0 Å². The summed E-state index contributed by atoms with van der Waals surface area (Å²) in [6, 6.07) is 14.1. The van der Waals surface area contributed by atoms with E-state index in [-0.39, 0.29) is 5.75 Å². The Balaban J connectivity index is 2.26. The van der Waals surface area contributed by atoms with E-state index < -0.39 is 12.3 Å². The molecule has 104 valence electrons. The SMILES string of the molecule is O=C(O)C(F)Oc1ccc(Cl)cc1Cc1ccccc1. The average molecular weight is 295 g/mol. The van der Waals surface area contributed by atoms with Crippen molar-refractivity contribution >= 4 is 17.6 Å². The minimum atomic E-state index is -2.40. The van der Waals surface area contributed by atoms with Gasteiger partial charge in [0.1, 0.15) is 5.75 Å². The molecule has 0 aliphatic carbocycles. The van der Waals surface area contributed by atoms with E-state index in [1.807, 2.05) is 30.3 Å². The van der Waals surface area contributed by atoms with E-state index in [4.69, 9.17) is 21.4 Å². The number of halogens is 2. The Morgan fingerprint density at radius 3 is 2.60 bits per heavy atom. The summed E-state index contributed by atoms with van der Waals surface area (Å²) < 4.78 is 18.0. The minimum Gasteiger partial charge on any atom is -0.476 e. The van der Waals surface area contributed by atoms with E-state index in [2.05, 4.69) is 0 Å². The molecule has 20 heavy (non-hydrogen) atoms. The second-order valence-corrected chi connectivity index (χ2v) is 4.62. The number of carbonyl (C=O) groups is 1. The van der Waals surface area contributed by atoms with Gasteiger partial charge in [-0.15, -0.1) is 0 Å². The first-order valence-corrected chi connectivity index (χ1v) is 6.30. The highest BCUT2D eigenvalue weighted by molar-refractivity contribution is 6.30. The first-order valence-electron chi connectivity index (χ1n) is 5.92. The third-order valence-corrected chi connectivity index (χ3v) is 2.92. The molecule has 2 aromatic rings. The quantitative estimate of drug-likeness (QED) is 0.915. The second-order valence-electron chi connectivity index (χ2n) is 4.19. The fourth-order valence-corrected chi connectivity index (χ4v) is 1.97. The summed E-state index contributed by atoms with van der Waals surface area (Å²) in [6.07, 6.45) is -1.92. The Bertz CT molecular complexity index is 601. The van der Waals surface area contributed by atoms with Crippen molar-refractivity contribution < 1.29 is 19.0 Å². The molecule has 2 rings (SSSR count). The number of carboxylic acids is 1. The molecule has 0 radical (unpaired) electrons. The van der Waals surface area contributed by atoms with Crippen LogP contribution in [0.15, 0.2) is 48.5 Å². The molecule has 3 nitrogen and oxygen atoms in total. The maximum atomic E-state index is 13.2. The number of aliphatic carboxylic acids is 1. The summed E-state index contributed by atoms with van der Waals surface area (Å²) in [6.45, 7) is 0. The molecule has 1 atom stereocenters. The molecule has 0 heterocycles. The lowest BCUT2D eigenvalue weighted by Crippen LogP contribution is -2.22. The lowest BCUT2D eigenvalue weighted by Gasteiger charge is -2.13. The zero-order valence-electron chi connectivity index (χ0n) is 10.4. The van der Waals surface area contributed by atoms with Crippen LogP contribution in [0.5, 0.6) is 5.75 Å². The average Bonchev–Trinajstić information content (AvgIpc) is 2.42. The van der Waals surface area contributed by atoms with Gasteiger partial charge in [-0.25, -0.2) is 4.79 Å². The number of alkyl halides is 1. The third kappa shape index (κ3) is 3.71. The van der Waals surface area contributed by atoms with Crippen LogP contribution >= 0.6 is 11.6 Å². The zero-order chi connectivity index (χ0) is 14.5. The van der Waals surface area contributed by atoms with Crippen LogP contribution < -0.4 is 4.74 Å². The van der Waals surface area contributed by atoms with Gasteiger partial charge in [0.15, 0.2) is 0 Å². The Kier molecular flexibility index (Phi) is 4.58. The van der Waals surface area contributed by atoms with Crippen LogP contribution in [0, 0.1) is 0 Å². The molecule has 0 amide bonds. The van der Waals surface area contributed by atoms with E-state index >= 15 is 0 Å². The summed E-state index contributed by atoms with van der Waals surface area (Å²) in [7, 11) is 0. The minimum absolute atomic E-state index is 0.174. The Labute approximate surface area is 120 Å². The van der Waals surface area contributed by atoms with Gasteiger partial charge in [-0.2, -0.15) is 4.39 Å². The van der Waals surface area contributed by atoms with Crippen molar-refractivity contribution in [1.82, 2.24) is 0 Å². The number of rotatable bonds is 5. The van der Waals surface area contributed by atoms with Crippen molar-refractivity contribution in [2.75, 3.05) is 0 Å². The standard InChI is InChI=1S/C15H12ClFO3/c16-12-6-7-13(20-14(17)15(18)19)11(9-12)8-10-4-2-1-3-5-10/h1-7,9,14H,8H2,(H,18,19). The summed E-state index contributed by atoms with van der Waals surface area (Å²) in [5.41, 5.74) is 1.62. The zero-order valence-corrected chi connectivity index (χ0v) is 11.2. The first kappa shape index (κ1) is 14.3. The van der Waals surface area contributed by atoms with Crippen molar-refractivity contribution in [1.29, 1.82) is 0 Å². The maximum absolute atomic E-state index is 13.2. The second kappa shape index (κ2) is 6.39. The largest absolute Gasteiger partial charge is 0.476 e. The van der Waals surface area contributed by atoms with Crippen LogP contribution in [0.2, 0.25) is 5.02 Å². The molecule has 2 aromatic carbocycles. The van der Waals surface area contributed by atoms with Crippen LogP contribution in [0.25, 0.3) is 0 Å². The molecule has 0 bridgehead atoms. The molecule has 1 N–H and O–H groups in total. The molecule has 0 fully saturated rings. The van der Waals surface area contributed by atoms with Gasteiger partial charge in [-0.05, 0) is 23.8 Å². The van der Waals surface area contributed by atoms with Gasteiger partial charge in [0, 0.05) is 17.0 Å². The predicted octanol–water partition coefficient (Wildman–Crippen LogP) is 3.69. The smallest absolute Gasteiger partial charge is 0.378 e. The molecule has 0 saturated heterocycles. The number of hydrogen-bond acceptors (Lipinski definition) is 2. The molecule has 0 aliphatic rings. The van der Waals surface area contributed by atoms with E-state index in [0.29, 0.717) is 17.0 Å². The molecule has 0 aromatic heterocycles. The summed E-state index contributed by atoms with van der Waals surface area (Å²) >= 11 is 5.92. The summed E-state index contributed by atoms with van der Waals surface area (Å²) in [4.78, 5) is 10.5. The Morgan fingerprint density at radius 2 is 1.95 bits per heavy atom. The highest BCUT2D eigenvalue weighted by atomic mass is 35.5. The Morgan fingerprint density at radius 1 is 1.25 bits per heavy atom. The number of carboxylic acid groups (broad SMARTS) is 1. The maximum Gasteiger partial charge on any atom is 0.378 e. The van der Waals surface area contributed by atoms with Crippen LogP contribution in [-0.4, -0.2) is 17.4 Å². The first-order chi connectivity index (χ1) is 9.56. The molecular weight excluding hydrogens is 283 g/mol. The van der Waals surface area contributed by atoms with Crippen molar-refractivity contribution in [3.63, 3.8) is 0 Å². The van der Waals surface area contributed by atoms with Gasteiger partial charge < -0.3 is 9.84 Å². The van der Waals surface area contributed by atoms with Crippen molar-refractivity contribution in [2.45, 2.75) is 12.8 Å². The monoisotopic (exact) mass is 294 g/mol. The number of hydrogen-bond donors (Lipinski definition) is 1. The van der Waals surface area contributed by atoms with Crippen LogP contribution in [-0.2, 0) is 11.2 Å². The molecule has 0 saturated carbocycles. The molecular formula is C15H12ClFO3. The van der Waals surface area contributed by atoms with Crippen LogP contribution in [0.3, 0.4) is 0 Å². The van der Waals surface area contributed by atoms with Crippen LogP contribution in [0.4, 0.5) is 4.39 Å². The fraction of sp³-hybridized carbons (Fsp3) is 0.133. The fourth-order valence-electron chi connectivity index (χ4n) is 1.78. The lowest BCUT2D eigenvalue weighted by molar-refractivity contribution is -0.153. The van der Waals surface area contributed by atoms with E-state index in [1.54, 1.807) is 6.07 Å². The van der Waals surface area contributed by atoms with Crippen LogP contribution in [0.1, 0.15) is 11.1 Å². The molecule has 0 spiro atoms. The van der Waals surface area contributed by atoms with E-state index in [0.717, 1.165) is 5.56 Å². The van der Waals surface area contributed by atoms with E-state index in [9.17, 15) is 9.18 Å². The molecule has 1 unspecified atom stereocenters. The normalized spacial score (nSPS) is 11.9. The van der Waals surface area contributed by atoms with Gasteiger partial charge in [-0.3, -0.25) is 0 Å². The highest BCUT2D eigenvalue weighted by Gasteiger charge is 2.19. The number of ether oxygens (including phenoxy) is 1. The third-order valence-electron chi connectivity index (χ3n) is 2.68. The van der Waals surface area contributed by atoms with Crippen molar-refractivity contribution in [2.24, 2.45) is 0 Å². The number of benzene rings is 2. The van der Waals surface area contributed by atoms with Crippen molar-refractivity contribution in [3.05, 3.63) is 64.7 Å². The summed E-state index contributed by atoms with van der Waals surface area (Å²) in [5, 5.41) is 9.03. The van der Waals surface area contributed by atoms with Crippen molar-refractivity contribution in [3.8, 4) is 5.75 Å². The summed E-state index contributed by atoms with van der Waals surface area (Å²) in [5.74, 6) is -1.49. The lowest BCUT2D eigenvalue weighted by atomic mass is 10.0. The van der Waals surface area contributed by atoms with Gasteiger partial charge >= 0.3 is 12.3 Å². The highest BCUT2D eigenvalue weighted by Crippen LogP contribution is 2.26. The van der Waals surface area contributed by atoms with Gasteiger partial charge in [0.2, 0.25) is 0 Å². The molecule has 5 heteroatoms. The van der Waals surface area contributed by atoms with Gasteiger partial charge in [-0.1, -0.05) is 41.9 Å². The topological polar surface area (TPSA) is 46.5 Å². The Hall–Kier alpha value is -2.07. The predicted molar refractivity (Wildman–Crippen MR) is 73.9 cm³/mol. The van der Waals surface area contributed by atoms with E-state index in [1.165, 1.54) is 12.1 Å². The van der Waals surface area contributed by atoms with Gasteiger partial charge in [0.05, 0.1) is 0 Å². The molecule has 0 aliphatic heterocycles.